The molecule has 4 rings (SSSR count). The highest BCUT2D eigenvalue weighted by Gasteiger charge is 2.41. The van der Waals surface area contributed by atoms with Gasteiger partial charge in [0.25, 0.3) is 0 Å². The molecule has 2 aliphatic rings. The number of H-pyrrole nitrogens is 1. The lowest BCUT2D eigenvalue weighted by Crippen LogP contribution is -2.60. The Morgan fingerprint density at radius 3 is 2.27 bits per heavy atom. The summed E-state index contributed by atoms with van der Waals surface area (Å²) in [5.74, 6) is -2.07. The largest absolute Gasteiger partial charge is 0.480 e. The Balaban J connectivity index is 1.56. The SMILES string of the molecule is CCCCC(NC(=O)[C@@H](Cc1c(C)[nH]c2ccccc12)NC(=O)C(NC(=O)N1[C@H](C)CCC[C@@H]1C)C1CC1)C(=O)O. The van der Waals surface area contributed by atoms with Crippen LogP contribution in [0.1, 0.15) is 83.4 Å². The number of carboxylic acid groups (broad SMARTS) is 1. The van der Waals surface area contributed by atoms with Crippen LogP contribution in [-0.2, 0) is 20.8 Å². The molecule has 1 aliphatic heterocycles. The number of aromatic nitrogens is 1. The third-order valence-electron chi connectivity index (χ3n) is 8.61. The maximum atomic E-state index is 13.7. The second kappa shape index (κ2) is 13.4. The first-order valence-corrected chi connectivity index (χ1v) is 15.1. The first-order valence-electron chi connectivity index (χ1n) is 15.1. The fourth-order valence-electron chi connectivity index (χ4n) is 6.07. The number of rotatable bonds is 12. The smallest absolute Gasteiger partial charge is 0.326 e. The van der Waals surface area contributed by atoms with Gasteiger partial charge in [-0.25, -0.2) is 9.59 Å². The summed E-state index contributed by atoms with van der Waals surface area (Å²) in [7, 11) is 0. The van der Waals surface area contributed by atoms with Crippen molar-refractivity contribution in [2.75, 3.05) is 0 Å². The summed E-state index contributed by atoms with van der Waals surface area (Å²) in [4.78, 5) is 57.7. The van der Waals surface area contributed by atoms with E-state index in [1.807, 2.05) is 56.9 Å². The number of fused-ring (bicyclic) bond motifs is 1. The van der Waals surface area contributed by atoms with E-state index in [1.54, 1.807) is 0 Å². The highest BCUT2D eigenvalue weighted by atomic mass is 16.4. The molecule has 5 atom stereocenters. The van der Waals surface area contributed by atoms with Gasteiger partial charge < -0.3 is 30.9 Å². The molecule has 1 aromatic carbocycles. The standard InChI is InChI=1S/C31H45N5O5/c1-5-6-13-25(30(39)40)33-28(37)26(17-23-20(4)32-24-14-8-7-12-22(23)24)34-29(38)27(21-15-16-21)35-31(41)36-18(2)10-9-11-19(36)3/h7-8,12,14,18-19,21,25-27,32H,5-6,9-11,13,15-17H2,1-4H3,(H,33,37)(H,34,38)(H,35,41)(H,39,40)/t18-,19+,25?,26-,27?/m1/s1. The number of para-hydroxylation sites is 1. The Bertz CT molecular complexity index is 1240. The summed E-state index contributed by atoms with van der Waals surface area (Å²) in [5.41, 5.74) is 2.67. The molecule has 0 bridgehead atoms. The van der Waals surface area contributed by atoms with Gasteiger partial charge in [-0.1, -0.05) is 38.0 Å². The second-order valence-corrected chi connectivity index (χ2v) is 11.9. The Morgan fingerprint density at radius 1 is 0.976 bits per heavy atom. The van der Waals surface area contributed by atoms with Gasteiger partial charge in [0.05, 0.1) is 0 Å². The van der Waals surface area contributed by atoms with E-state index in [9.17, 15) is 24.3 Å². The van der Waals surface area contributed by atoms with E-state index in [0.717, 1.165) is 60.7 Å². The Kier molecular flexibility index (Phi) is 9.94. The minimum Gasteiger partial charge on any atom is -0.480 e. The molecule has 5 N–H and O–H groups in total. The predicted molar refractivity (Wildman–Crippen MR) is 157 cm³/mol. The molecule has 2 heterocycles. The van der Waals surface area contributed by atoms with Crippen LogP contribution in [0.15, 0.2) is 24.3 Å². The number of aliphatic carboxylic acids is 1. The highest BCUT2D eigenvalue weighted by molar-refractivity contribution is 5.94. The Hall–Kier alpha value is -3.56. The maximum absolute atomic E-state index is 13.7. The van der Waals surface area contributed by atoms with E-state index in [1.165, 1.54) is 0 Å². The number of likely N-dealkylation sites (tertiary alicyclic amines) is 1. The van der Waals surface area contributed by atoms with Crippen LogP contribution in [0.5, 0.6) is 0 Å². The molecule has 4 amide bonds. The number of nitrogens with one attached hydrogen (secondary N) is 4. The molecular weight excluding hydrogens is 522 g/mol. The van der Waals surface area contributed by atoms with Gasteiger partial charge in [0, 0.05) is 35.1 Å². The molecule has 2 unspecified atom stereocenters. The molecule has 41 heavy (non-hydrogen) atoms. The number of amides is 4. The van der Waals surface area contributed by atoms with Crippen LogP contribution in [0.4, 0.5) is 4.79 Å². The van der Waals surface area contributed by atoms with Gasteiger partial charge in [-0.05, 0) is 76.8 Å². The minimum atomic E-state index is -1.10. The Morgan fingerprint density at radius 2 is 1.63 bits per heavy atom. The number of aromatic amines is 1. The van der Waals surface area contributed by atoms with Crippen molar-refractivity contribution in [3.8, 4) is 0 Å². The van der Waals surface area contributed by atoms with Crippen molar-refractivity contribution in [1.82, 2.24) is 25.8 Å². The number of hydrogen-bond acceptors (Lipinski definition) is 4. The van der Waals surface area contributed by atoms with Crippen LogP contribution >= 0.6 is 0 Å². The molecule has 1 saturated heterocycles. The van der Waals surface area contributed by atoms with Gasteiger partial charge in [-0.15, -0.1) is 0 Å². The maximum Gasteiger partial charge on any atom is 0.326 e. The topological polar surface area (TPSA) is 144 Å². The van der Waals surface area contributed by atoms with E-state index >= 15 is 0 Å². The Labute approximate surface area is 242 Å². The van der Waals surface area contributed by atoms with Gasteiger partial charge >= 0.3 is 12.0 Å². The average molecular weight is 568 g/mol. The first kappa shape index (κ1) is 30.4. The van der Waals surface area contributed by atoms with E-state index in [0.29, 0.717) is 12.8 Å². The fourth-order valence-corrected chi connectivity index (χ4v) is 6.07. The quantitative estimate of drug-likeness (QED) is 0.263. The van der Waals surface area contributed by atoms with Gasteiger partial charge in [0.2, 0.25) is 11.8 Å². The van der Waals surface area contributed by atoms with Crippen molar-refractivity contribution < 1.29 is 24.3 Å². The number of hydrogen-bond donors (Lipinski definition) is 5. The lowest BCUT2D eigenvalue weighted by atomic mass is 9.98. The molecule has 10 heteroatoms. The molecular formula is C31H45N5O5. The predicted octanol–water partition coefficient (Wildman–Crippen LogP) is 4.01. The second-order valence-electron chi connectivity index (χ2n) is 11.9. The lowest BCUT2D eigenvalue weighted by molar-refractivity contribution is -0.142. The number of aryl methyl sites for hydroxylation is 1. The minimum absolute atomic E-state index is 0.00390. The van der Waals surface area contributed by atoms with Crippen LogP contribution in [0.3, 0.4) is 0 Å². The number of nitrogens with zero attached hydrogens (tertiary/aromatic N) is 1. The molecule has 1 aliphatic carbocycles. The third-order valence-corrected chi connectivity index (χ3v) is 8.61. The van der Waals surface area contributed by atoms with Crippen LogP contribution in [0.2, 0.25) is 0 Å². The number of carbonyl (C=O) groups excluding carboxylic acids is 3. The molecule has 2 fully saturated rings. The van der Waals surface area contributed by atoms with E-state index in [4.69, 9.17) is 0 Å². The summed E-state index contributed by atoms with van der Waals surface area (Å²) in [6, 6.07) is 4.83. The van der Waals surface area contributed by atoms with Crippen molar-refractivity contribution in [2.24, 2.45) is 5.92 Å². The summed E-state index contributed by atoms with van der Waals surface area (Å²) >= 11 is 0. The van der Waals surface area contributed by atoms with Crippen LogP contribution in [0.25, 0.3) is 10.9 Å². The van der Waals surface area contributed by atoms with Crippen molar-refractivity contribution in [3.05, 3.63) is 35.5 Å². The van der Waals surface area contributed by atoms with E-state index in [2.05, 4.69) is 20.9 Å². The number of carbonyl (C=O) groups is 4. The summed E-state index contributed by atoms with van der Waals surface area (Å²) in [5, 5.41) is 19.2. The monoisotopic (exact) mass is 567 g/mol. The van der Waals surface area contributed by atoms with E-state index in [-0.39, 0.29) is 30.5 Å². The van der Waals surface area contributed by atoms with Crippen LogP contribution in [0, 0.1) is 12.8 Å². The molecule has 0 spiro atoms. The van der Waals surface area contributed by atoms with Gasteiger partial charge in [-0.3, -0.25) is 9.59 Å². The van der Waals surface area contributed by atoms with Crippen LogP contribution < -0.4 is 16.0 Å². The molecule has 1 aromatic heterocycles. The zero-order valence-electron chi connectivity index (χ0n) is 24.7. The zero-order chi connectivity index (χ0) is 29.7. The summed E-state index contributed by atoms with van der Waals surface area (Å²) in [6.07, 6.45) is 6.49. The molecule has 0 radical (unpaired) electrons. The normalized spacial score (nSPS) is 21.1. The average Bonchev–Trinajstić information content (AvgIpc) is 3.72. The number of benzene rings is 1. The van der Waals surface area contributed by atoms with Gasteiger partial charge in [0.15, 0.2) is 0 Å². The molecule has 1 saturated carbocycles. The molecule has 2 aromatic rings. The summed E-state index contributed by atoms with van der Waals surface area (Å²) in [6.45, 7) is 7.94. The van der Waals surface area contributed by atoms with Gasteiger partial charge in [-0.2, -0.15) is 0 Å². The summed E-state index contributed by atoms with van der Waals surface area (Å²) < 4.78 is 0. The third kappa shape index (κ3) is 7.40. The lowest BCUT2D eigenvalue weighted by Gasteiger charge is -2.39. The van der Waals surface area contributed by atoms with Crippen molar-refractivity contribution in [1.29, 1.82) is 0 Å². The zero-order valence-corrected chi connectivity index (χ0v) is 24.7. The molecule has 10 nitrogen and oxygen atoms in total. The first-order chi connectivity index (χ1) is 19.6. The number of unbranched alkanes of at least 4 members (excludes halogenated alkanes) is 1. The fraction of sp³-hybridized carbons (Fsp3) is 0.613. The van der Waals surface area contributed by atoms with Crippen LogP contribution in [-0.4, -0.2) is 69.0 Å². The van der Waals surface area contributed by atoms with Crippen molar-refractivity contribution in [2.45, 2.75) is 116 Å². The highest BCUT2D eigenvalue weighted by Crippen LogP contribution is 2.33. The van der Waals surface area contributed by atoms with Crippen molar-refractivity contribution in [3.63, 3.8) is 0 Å². The molecule has 224 valence electrons. The van der Waals surface area contributed by atoms with Crippen molar-refractivity contribution >= 4 is 34.7 Å². The number of urea groups is 1. The number of carboxylic acids is 1. The number of piperidine rings is 1. The van der Waals surface area contributed by atoms with E-state index < -0.39 is 35.9 Å². The van der Waals surface area contributed by atoms with Gasteiger partial charge in [0.1, 0.15) is 18.1 Å².